The highest BCUT2D eigenvalue weighted by atomic mass is 35.5. The molecule has 0 bridgehead atoms. The van der Waals surface area contributed by atoms with E-state index in [1.165, 1.54) is 6.07 Å². The molecule has 0 aliphatic rings. The van der Waals surface area contributed by atoms with Gasteiger partial charge >= 0.3 is 5.97 Å². The smallest absolute Gasteiger partial charge is 0.337 e. The number of amides is 1. The van der Waals surface area contributed by atoms with Crippen molar-refractivity contribution in [3.8, 4) is 11.1 Å². The fraction of sp³-hybridized carbons (Fsp3) is 0.0833. The predicted octanol–water partition coefficient (Wildman–Crippen LogP) is 5.78. The average Bonchev–Trinajstić information content (AvgIpc) is 3.08. The number of rotatable bonds is 5. The van der Waals surface area contributed by atoms with Gasteiger partial charge in [-0.1, -0.05) is 59.6 Å². The average molecular weight is 453 g/mol. The molecule has 0 saturated heterocycles. The van der Waals surface area contributed by atoms with Gasteiger partial charge in [0.05, 0.1) is 10.6 Å². The lowest BCUT2D eigenvalue weighted by Crippen LogP contribution is -2.25. The van der Waals surface area contributed by atoms with Gasteiger partial charge in [0.1, 0.15) is 5.69 Å². The van der Waals surface area contributed by atoms with E-state index >= 15 is 0 Å². The molecule has 0 aliphatic heterocycles. The van der Waals surface area contributed by atoms with E-state index in [2.05, 4.69) is 5.32 Å². The summed E-state index contributed by atoms with van der Waals surface area (Å²) < 4.78 is 1.81. The van der Waals surface area contributed by atoms with Crippen LogP contribution in [0.5, 0.6) is 0 Å². The van der Waals surface area contributed by atoms with Crippen molar-refractivity contribution in [1.82, 2.24) is 9.88 Å². The van der Waals surface area contributed by atoms with Crippen molar-refractivity contribution in [3.05, 3.63) is 93.6 Å². The first-order chi connectivity index (χ1) is 14.8. The molecule has 4 aromatic rings. The standard InChI is InChI=1S/C24H18Cl2N2O3/c1-28-21-12-17(25)8-6-15(21)11-22(28)23(29)27-13-16-4-2-3-5-18(16)14-7-9-19(24(30)31)20(26)10-14/h2-12H,13H2,1H3,(H,27,29)(H,30,31). The van der Waals surface area contributed by atoms with Gasteiger partial charge in [-0.05, 0) is 47.0 Å². The van der Waals surface area contributed by atoms with Crippen molar-refractivity contribution >= 4 is 46.0 Å². The fourth-order valence-corrected chi connectivity index (χ4v) is 4.03. The van der Waals surface area contributed by atoms with Crippen LogP contribution in [0.2, 0.25) is 10.0 Å². The van der Waals surface area contributed by atoms with Crippen molar-refractivity contribution in [2.45, 2.75) is 6.54 Å². The van der Waals surface area contributed by atoms with Crippen LogP contribution in [0.4, 0.5) is 0 Å². The second-order valence-corrected chi connectivity index (χ2v) is 7.97. The van der Waals surface area contributed by atoms with E-state index in [0.717, 1.165) is 27.6 Å². The Morgan fingerprint density at radius 2 is 1.77 bits per heavy atom. The Hall–Kier alpha value is -3.28. The van der Waals surface area contributed by atoms with E-state index in [1.54, 1.807) is 18.2 Å². The van der Waals surface area contributed by atoms with Gasteiger partial charge in [0.15, 0.2) is 0 Å². The Morgan fingerprint density at radius 3 is 2.52 bits per heavy atom. The minimum absolute atomic E-state index is 0.0482. The molecule has 0 radical (unpaired) electrons. The molecule has 0 saturated carbocycles. The van der Waals surface area contributed by atoms with Crippen LogP contribution < -0.4 is 5.32 Å². The van der Waals surface area contributed by atoms with Gasteiger partial charge in [0.25, 0.3) is 5.91 Å². The molecule has 0 aliphatic carbocycles. The van der Waals surface area contributed by atoms with Crippen LogP contribution in [0.1, 0.15) is 26.4 Å². The summed E-state index contributed by atoms with van der Waals surface area (Å²) in [4.78, 5) is 24.1. The van der Waals surface area contributed by atoms with E-state index in [0.29, 0.717) is 17.3 Å². The third kappa shape index (κ3) is 4.15. The molecular formula is C24H18Cl2N2O3. The highest BCUT2D eigenvalue weighted by Gasteiger charge is 2.15. The molecule has 5 nitrogen and oxygen atoms in total. The van der Waals surface area contributed by atoms with Gasteiger partial charge in [0.2, 0.25) is 0 Å². The van der Waals surface area contributed by atoms with Crippen LogP contribution in [0.25, 0.3) is 22.0 Å². The van der Waals surface area contributed by atoms with Crippen molar-refractivity contribution < 1.29 is 14.7 Å². The quantitative estimate of drug-likeness (QED) is 0.403. The maximum atomic E-state index is 12.9. The molecule has 0 unspecified atom stereocenters. The van der Waals surface area contributed by atoms with E-state index in [9.17, 15) is 14.7 Å². The molecule has 2 N–H and O–H groups in total. The Kier molecular flexibility index (Phi) is 5.72. The Morgan fingerprint density at radius 1 is 1.00 bits per heavy atom. The van der Waals surface area contributed by atoms with Gasteiger partial charge in [-0.3, -0.25) is 4.79 Å². The summed E-state index contributed by atoms with van der Waals surface area (Å²) in [5.41, 5.74) is 3.99. The number of carboxylic acid groups (broad SMARTS) is 1. The number of carbonyl (C=O) groups excluding carboxylic acids is 1. The maximum Gasteiger partial charge on any atom is 0.337 e. The summed E-state index contributed by atoms with van der Waals surface area (Å²) in [5, 5.41) is 13.9. The number of hydrogen-bond acceptors (Lipinski definition) is 2. The third-order valence-electron chi connectivity index (χ3n) is 5.21. The highest BCUT2D eigenvalue weighted by molar-refractivity contribution is 6.33. The first-order valence-corrected chi connectivity index (χ1v) is 10.2. The minimum Gasteiger partial charge on any atom is -0.478 e. The summed E-state index contributed by atoms with van der Waals surface area (Å²) in [7, 11) is 1.83. The van der Waals surface area contributed by atoms with Crippen LogP contribution >= 0.6 is 23.2 Å². The molecule has 31 heavy (non-hydrogen) atoms. The van der Waals surface area contributed by atoms with Crippen LogP contribution in [-0.2, 0) is 13.6 Å². The number of aromatic nitrogens is 1. The Bertz CT molecular complexity index is 1330. The molecule has 156 valence electrons. The molecule has 1 aromatic heterocycles. The number of halogens is 2. The summed E-state index contributed by atoms with van der Waals surface area (Å²) in [5.74, 6) is -1.28. The predicted molar refractivity (Wildman–Crippen MR) is 123 cm³/mol. The second kappa shape index (κ2) is 8.46. The van der Waals surface area contributed by atoms with Crippen LogP contribution in [0.3, 0.4) is 0 Å². The number of hydrogen-bond donors (Lipinski definition) is 2. The zero-order valence-electron chi connectivity index (χ0n) is 16.5. The van der Waals surface area contributed by atoms with E-state index < -0.39 is 5.97 Å². The number of aromatic carboxylic acids is 1. The topological polar surface area (TPSA) is 71.3 Å². The molecule has 4 rings (SSSR count). The monoisotopic (exact) mass is 452 g/mol. The first-order valence-electron chi connectivity index (χ1n) is 9.49. The summed E-state index contributed by atoms with van der Waals surface area (Å²) in [6, 6.07) is 19.7. The summed E-state index contributed by atoms with van der Waals surface area (Å²) >= 11 is 12.2. The fourth-order valence-electron chi connectivity index (χ4n) is 3.60. The molecule has 7 heteroatoms. The minimum atomic E-state index is -1.08. The van der Waals surface area contributed by atoms with Crippen molar-refractivity contribution in [2.24, 2.45) is 7.05 Å². The molecule has 1 amide bonds. The lowest BCUT2D eigenvalue weighted by atomic mass is 9.98. The molecule has 3 aromatic carbocycles. The first kappa shape index (κ1) is 21.0. The van der Waals surface area contributed by atoms with Gasteiger partial charge in [0, 0.05) is 29.5 Å². The number of carbonyl (C=O) groups is 2. The van der Waals surface area contributed by atoms with Gasteiger partial charge in [-0.25, -0.2) is 4.79 Å². The molecular weight excluding hydrogens is 435 g/mol. The zero-order chi connectivity index (χ0) is 22.1. The lowest BCUT2D eigenvalue weighted by Gasteiger charge is -2.12. The normalized spacial score (nSPS) is 10.9. The lowest BCUT2D eigenvalue weighted by molar-refractivity contribution is 0.0696. The molecule has 1 heterocycles. The second-order valence-electron chi connectivity index (χ2n) is 7.13. The number of carboxylic acids is 1. The van der Waals surface area contributed by atoms with E-state index in [1.807, 2.05) is 54.1 Å². The number of benzene rings is 3. The number of nitrogens with zero attached hydrogens (tertiary/aromatic N) is 1. The number of aryl methyl sites for hydroxylation is 1. The number of fused-ring (bicyclic) bond motifs is 1. The van der Waals surface area contributed by atoms with Crippen LogP contribution in [0.15, 0.2) is 66.7 Å². The SMILES string of the molecule is Cn1c(C(=O)NCc2ccccc2-c2ccc(C(=O)O)c(Cl)c2)cc2ccc(Cl)cc21. The summed E-state index contributed by atoms with van der Waals surface area (Å²) in [6.45, 7) is 0.301. The van der Waals surface area contributed by atoms with Crippen molar-refractivity contribution in [3.63, 3.8) is 0 Å². The van der Waals surface area contributed by atoms with Gasteiger partial charge in [-0.2, -0.15) is 0 Å². The molecule has 0 spiro atoms. The molecule has 0 atom stereocenters. The van der Waals surface area contributed by atoms with Gasteiger partial charge < -0.3 is 15.0 Å². The van der Waals surface area contributed by atoms with Crippen LogP contribution in [0, 0.1) is 0 Å². The van der Waals surface area contributed by atoms with E-state index in [-0.39, 0.29) is 16.5 Å². The Balaban J connectivity index is 1.59. The van der Waals surface area contributed by atoms with Gasteiger partial charge in [-0.15, -0.1) is 0 Å². The summed E-state index contributed by atoms with van der Waals surface area (Å²) in [6.07, 6.45) is 0. The maximum absolute atomic E-state index is 12.9. The van der Waals surface area contributed by atoms with Crippen molar-refractivity contribution in [1.29, 1.82) is 0 Å². The van der Waals surface area contributed by atoms with Crippen LogP contribution in [-0.4, -0.2) is 21.6 Å². The largest absolute Gasteiger partial charge is 0.478 e. The van der Waals surface area contributed by atoms with Crippen molar-refractivity contribution in [2.75, 3.05) is 0 Å². The highest BCUT2D eigenvalue weighted by Crippen LogP contribution is 2.29. The Labute approximate surface area is 188 Å². The van der Waals surface area contributed by atoms with E-state index in [4.69, 9.17) is 23.2 Å². The zero-order valence-corrected chi connectivity index (χ0v) is 18.0. The molecule has 0 fully saturated rings. The number of nitrogens with one attached hydrogen (secondary N) is 1. The third-order valence-corrected chi connectivity index (χ3v) is 5.76.